The fourth-order valence-electron chi connectivity index (χ4n) is 1.82. The largest absolute Gasteiger partial charge is 0.446 e. The Kier molecular flexibility index (Phi) is 3.57. The van der Waals surface area contributed by atoms with Crippen molar-refractivity contribution < 1.29 is 14.3 Å². The molecule has 4 heteroatoms. The van der Waals surface area contributed by atoms with Crippen LogP contribution < -0.4 is 0 Å². The van der Waals surface area contributed by atoms with Gasteiger partial charge in [0.05, 0.1) is 0 Å². The Hall–Kier alpha value is -2.36. The second-order valence-electron chi connectivity index (χ2n) is 3.81. The topological polar surface area (TPSA) is 46.6 Å². The fourth-order valence-corrected chi connectivity index (χ4v) is 1.82. The molecule has 2 amide bonds. The normalized spacial score (nSPS) is 19.0. The van der Waals surface area contributed by atoms with Crippen LogP contribution >= 0.6 is 0 Å². The van der Waals surface area contributed by atoms with Gasteiger partial charge >= 0.3 is 6.09 Å². The van der Waals surface area contributed by atoms with Gasteiger partial charge in [-0.2, -0.15) is 0 Å². The van der Waals surface area contributed by atoms with Gasteiger partial charge in [-0.15, -0.1) is 0 Å². The number of imide groups is 1. The van der Waals surface area contributed by atoms with Gasteiger partial charge in [-0.25, -0.2) is 9.69 Å². The first kappa shape index (κ1) is 12.1. The summed E-state index contributed by atoms with van der Waals surface area (Å²) in [4.78, 5) is 24.6. The van der Waals surface area contributed by atoms with Crippen LogP contribution in [0.3, 0.4) is 0 Å². The van der Waals surface area contributed by atoms with Gasteiger partial charge in [0.15, 0.2) is 0 Å². The van der Waals surface area contributed by atoms with E-state index in [4.69, 9.17) is 4.74 Å². The van der Waals surface area contributed by atoms with Crippen molar-refractivity contribution in [1.29, 1.82) is 0 Å². The minimum Gasteiger partial charge on any atom is -0.446 e. The third-order valence-corrected chi connectivity index (χ3v) is 2.67. The molecule has 0 saturated carbocycles. The van der Waals surface area contributed by atoms with E-state index in [-0.39, 0.29) is 12.6 Å². The van der Waals surface area contributed by atoms with E-state index in [9.17, 15) is 9.59 Å². The molecule has 92 valence electrons. The predicted octanol–water partition coefficient (Wildman–Crippen LogP) is 2.45. The number of amides is 2. The number of hydrogen-bond acceptors (Lipinski definition) is 3. The first-order valence-corrected chi connectivity index (χ1v) is 5.58. The molecule has 0 spiro atoms. The standard InChI is InChI=1S/C14H13NO3/c1-2-3-9-13(16)15-12(10-18-14(15)17)11-7-5-4-6-8-11/h2-9,12H,1,10H2/b9-3+/t12-/m0/s1. The lowest BCUT2D eigenvalue weighted by Gasteiger charge is -2.18. The van der Waals surface area contributed by atoms with Gasteiger partial charge in [0, 0.05) is 6.08 Å². The number of carbonyl (C=O) groups excluding carboxylic acids is 2. The number of benzene rings is 1. The van der Waals surface area contributed by atoms with Crippen molar-refractivity contribution in [1.82, 2.24) is 4.90 Å². The van der Waals surface area contributed by atoms with E-state index in [0.717, 1.165) is 10.5 Å². The summed E-state index contributed by atoms with van der Waals surface area (Å²) in [5.41, 5.74) is 0.878. The summed E-state index contributed by atoms with van der Waals surface area (Å²) in [6.45, 7) is 3.67. The van der Waals surface area contributed by atoms with E-state index in [1.165, 1.54) is 18.2 Å². The predicted molar refractivity (Wildman–Crippen MR) is 66.7 cm³/mol. The highest BCUT2D eigenvalue weighted by atomic mass is 16.6. The number of allylic oxidation sites excluding steroid dienone is 2. The van der Waals surface area contributed by atoms with Crippen LogP contribution in [0.25, 0.3) is 0 Å². The molecular formula is C14H13NO3. The second kappa shape index (κ2) is 5.31. The van der Waals surface area contributed by atoms with Crippen molar-refractivity contribution in [2.75, 3.05) is 6.61 Å². The maximum Gasteiger partial charge on any atom is 0.417 e. The molecule has 1 heterocycles. The highest BCUT2D eigenvalue weighted by Gasteiger charge is 2.37. The van der Waals surface area contributed by atoms with Crippen molar-refractivity contribution in [2.24, 2.45) is 0 Å². The van der Waals surface area contributed by atoms with E-state index in [2.05, 4.69) is 6.58 Å². The number of rotatable bonds is 3. The molecule has 0 aliphatic carbocycles. The van der Waals surface area contributed by atoms with Crippen LogP contribution in [0.4, 0.5) is 4.79 Å². The summed E-state index contributed by atoms with van der Waals surface area (Å²) in [5, 5.41) is 0. The van der Waals surface area contributed by atoms with Crippen LogP contribution in [-0.4, -0.2) is 23.5 Å². The molecule has 1 aliphatic rings. The zero-order valence-corrected chi connectivity index (χ0v) is 9.78. The SMILES string of the molecule is C=C/C=C/C(=O)N1C(=O)OC[C@H]1c1ccccc1. The van der Waals surface area contributed by atoms with Gasteiger partial charge in [-0.05, 0) is 5.56 Å². The second-order valence-corrected chi connectivity index (χ2v) is 3.81. The summed E-state index contributed by atoms with van der Waals surface area (Å²) in [7, 11) is 0. The van der Waals surface area contributed by atoms with Crippen molar-refractivity contribution in [2.45, 2.75) is 6.04 Å². The minimum absolute atomic E-state index is 0.191. The summed E-state index contributed by atoms with van der Waals surface area (Å²) in [6.07, 6.45) is 3.67. The Bertz CT molecular complexity index is 493. The molecule has 1 fully saturated rings. The van der Waals surface area contributed by atoms with Crippen molar-refractivity contribution in [3.05, 3.63) is 60.7 Å². The summed E-state index contributed by atoms with van der Waals surface area (Å²) in [6, 6.07) is 8.97. The molecule has 4 nitrogen and oxygen atoms in total. The van der Waals surface area contributed by atoms with Gasteiger partial charge in [-0.1, -0.05) is 49.1 Å². The molecular weight excluding hydrogens is 230 g/mol. The smallest absolute Gasteiger partial charge is 0.417 e. The van der Waals surface area contributed by atoms with Crippen LogP contribution in [-0.2, 0) is 9.53 Å². The number of nitrogens with zero attached hydrogens (tertiary/aromatic N) is 1. The fraction of sp³-hybridized carbons (Fsp3) is 0.143. The molecule has 18 heavy (non-hydrogen) atoms. The van der Waals surface area contributed by atoms with Crippen LogP contribution in [0.5, 0.6) is 0 Å². The number of hydrogen-bond donors (Lipinski definition) is 0. The average molecular weight is 243 g/mol. The van der Waals surface area contributed by atoms with Crippen molar-refractivity contribution >= 4 is 12.0 Å². The molecule has 0 bridgehead atoms. The van der Waals surface area contributed by atoms with Crippen LogP contribution in [0.2, 0.25) is 0 Å². The quantitative estimate of drug-likeness (QED) is 0.605. The molecule has 0 radical (unpaired) electrons. The molecule has 1 aliphatic heterocycles. The van der Waals surface area contributed by atoms with E-state index >= 15 is 0 Å². The Labute approximate surface area is 105 Å². The van der Waals surface area contributed by atoms with Crippen molar-refractivity contribution in [3.8, 4) is 0 Å². The molecule has 1 atom stereocenters. The summed E-state index contributed by atoms with van der Waals surface area (Å²) < 4.78 is 4.94. The van der Waals surface area contributed by atoms with E-state index in [1.54, 1.807) is 0 Å². The third kappa shape index (κ3) is 2.32. The van der Waals surface area contributed by atoms with Crippen LogP contribution in [0.15, 0.2) is 55.1 Å². The lowest BCUT2D eigenvalue weighted by molar-refractivity contribution is -0.124. The molecule has 0 aromatic heterocycles. The van der Waals surface area contributed by atoms with E-state index in [1.807, 2.05) is 30.3 Å². The molecule has 1 saturated heterocycles. The zero-order valence-electron chi connectivity index (χ0n) is 9.78. The van der Waals surface area contributed by atoms with Crippen molar-refractivity contribution in [3.63, 3.8) is 0 Å². The Morgan fingerprint density at radius 2 is 2.11 bits per heavy atom. The highest BCUT2D eigenvalue weighted by Crippen LogP contribution is 2.27. The third-order valence-electron chi connectivity index (χ3n) is 2.67. The lowest BCUT2D eigenvalue weighted by Crippen LogP contribution is -2.32. The number of cyclic esters (lactones) is 1. The zero-order chi connectivity index (χ0) is 13.0. The first-order valence-electron chi connectivity index (χ1n) is 5.58. The lowest BCUT2D eigenvalue weighted by atomic mass is 10.1. The van der Waals surface area contributed by atoms with Gasteiger partial charge in [0.1, 0.15) is 12.6 Å². The molecule has 2 rings (SSSR count). The van der Waals surface area contributed by atoms with E-state index in [0.29, 0.717) is 0 Å². The maximum absolute atomic E-state index is 11.9. The minimum atomic E-state index is -0.609. The molecule has 0 unspecified atom stereocenters. The van der Waals surface area contributed by atoms with E-state index < -0.39 is 12.0 Å². The molecule has 1 aromatic rings. The average Bonchev–Trinajstić information content (AvgIpc) is 2.79. The van der Waals surface area contributed by atoms with Crippen LogP contribution in [0.1, 0.15) is 11.6 Å². The van der Waals surface area contributed by atoms with Crippen LogP contribution in [0, 0.1) is 0 Å². The first-order chi connectivity index (χ1) is 8.74. The maximum atomic E-state index is 11.9. The van der Waals surface area contributed by atoms with Gasteiger partial charge < -0.3 is 4.74 Å². The molecule has 0 N–H and O–H groups in total. The summed E-state index contributed by atoms with van der Waals surface area (Å²) in [5.74, 6) is -0.397. The number of carbonyl (C=O) groups is 2. The monoisotopic (exact) mass is 243 g/mol. The Morgan fingerprint density at radius 1 is 1.39 bits per heavy atom. The molecule has 1 aromatic carbocycles. The highest BCUT2D eigenvalue weighted by molar-refractivity contribution is 6.00. The Morgan fingerprint density at radius 3 is 2.78 bits per heavy atom. The summed E-state index contributed by atoms with van der Waals surface area (Å²) >= 11 is 0. The van der Waals surface area contributed by atoms with Gasteiger partial charge in [0.25, 0.3) is 5.91 Å². The van der Waals surface area contributed by atoms with Gasteiger partial charge in [0.2, 0.25) is 0 Å². The Balaban J connectivity index is 2.26. The number of ether oxygens (including phenoxy) is 1. The van der Waals surface area contributed by atoms with Gasteiger partial charge in [-0.3, -0.25) is 4.79 Å².